The fraction of sp³-hybridized carbons (Fsp3) is 0.364. The number of rotatable bonds is 4. The molecule has 0 radical (unpaired) electrons. The standard InChI is InChI=1S/C11H16N2O5S/c1-7(2)18-11(15)13-19(16,17)12-9-5-4-8(3)10(14)6-9/h4-7,12,14H,1-3H3,(H,13,15). The maximum absolute atomic E-state index is 11.6. The summed E-state index contributed by atoms with van der Waals surface area (Å²) in [6.45, 7) is 4.86. The Bertz CT molecular complexity index is 568. The maximum Gasteiger partial charge on any atom is 0.422 e. The number of carbonyl (C=O) groups excluding carboxylic acids is 1. The summed E-state index contributed by atoms with van der Waals surface area (Å²) >= 11 is 0. The van der Waals surface area contributed by atoms with Crippen LogP contribution in [0.5, 0.6) is 5.75 Å². The van der Waals surface area contributed by atoms with Crippen molar-refractivity contribution in [1.82, 2.24) is 4.72 Å². The van der Waals surface area contributed by atoms with Crippen molar-refractivity contribution in [2.24, 2.45) is 0 Å². The number of anilines is 1. The summed E-state index contributed by atoms with van der Waals surface area (Å²) < 4.78 is 31.6. The summed E-state index contributed by atoms with van der Waals surface area (Å²) in [5.41, 5.74) is 0.739. The third-order valence-electron chi connectivity index (χ3n) is 2.02. The van der Waals surface area contributed by atoms with E-state index in [4.69, 9.17) is 0 Å². The van der Waals surface area contributed by atoms with E-state index in [2.05, 4.69) is 9.46 Å². The molecule has 8 heteroatoms. The third-order valence-corrected chi connectivity index (χ3v) is 2.96. The summed E-state index contributed by atoms with van der Waals surface area (Å²) in [5.74, 6) is -0.0510. The van der Waals surface area contributed by atoms with Crippen LogP contribution in [0.25, 0.3) is 0 Å². The van der Waals surface area contributed by atoms with Gasteiger partial charge in [0.2, 0.25) is 0 Å². The van der Waals surface area contributed by atoms with Gasteiger partial charge < -0.3 is 9.84 Å². The van der Waals surface area contributed by atoms with E-state index in [-0.39, 0.29) is 11.4 Å². The lowest BCUT2D eigenvalue weighted by Gasteiger charge is -2.12. The van der Waals surface area contributed by atoms with Gasteiger partial charge in [0.25, 0.3) is 0 Å². The predicted molar refractivity (Wildman–Crippen MR) is 70.1 cm³/mol. The Hall–Kier alpha value is -1.96. The van der Waals surface area contributed by atoms with Gasteiger partial charge in [-0.05, 0) is 32.4 Å². The second-order valence-corrected chi connectivity index (χ2v) is 5.58. The van der Waals surface area contributed by atoms with Gasteiger partial charge in [-0.2, -0.15) is 8.42 Å². The molecule has 0 aliphatic rings. The molecule has 0 spiro atoms. The first-order chi connectivity index (χ1) is 8.69. The molecule has 3 N–H and O–H groups in total. The molecule has 1 amide bonds. The van der Waals surface area contributed by atoms with Gasteiger partial charge >= 0.3 is 16.3 Å². The molecular formula is C11H16N2O5S. The van der Waals surface area contributed by atoms with Crippen molar-refractivity contribution in [1.29, 1.82) is 0 Å². The molecule has 1 aromatic rings. The van der Waals surface area contributed by atoms with Crippen molar-refractivity contribution in [2.75, 3.05) is 4.72 Å². The molecule has 0 aromatic heterocycles. The fourth-order valence-electron chi connectivity index (χ4n) is 1.20. The molecular weight excluding hydrogens is 272 g/mol. The lowest BCUT2D eigenvalue weighted by Crippen LogP contribution is -2.36. The zero-order valence-corrected chi connectivity index (χ0v) is 11.6. The molecule has 106 valence electrons. The fourth-order valence-corrected chi connectivity index (χ4v) is 1.96. The van der Waals surface area contributed by atoms with Crippen LogP contribution in [0, 0.1) is 6.92 Å². The molecule has 0 atom stereocenters. The highest BCUT2D eigenvalue weighted by atomic mass is 32.2. The van der Waals surface area contributed by atoms with Crippen molar-refractivity contribution in [3.63, 3.8) is 0 Å². The van der Waals surface area contributed by atoms with Crippen molar-refractivity contribution in [2.45, 2.75) is 26.9 Å². The van der Waals surface area contributed by atoms with Crippen molar-refractivity contribution >= 4 is 22.0 Å². The number of aromatic hydroxyl groups is 1. The van der Waals surface area contributed by atoms with Crippen molar-refractivity contribution < 1.29 is 23.1 Å². The number of nitrogens with one attached hydrogen (secondary N) is 2. The van der Waals surface area contributed by atoms with E-state index in [0.717, 1.165) is 0 Å². The monoisotopic (exact) mass is 288 g/mol. The number of ether oxygens (including phenoxy) is 1. The average Bonchev–Trinajstić information content (AvgIpc) is 2.20. The zero-order chi connectivity index (χ0) is 14.6. The molecule has 0 saturated carbocycles. The second-order valence-electron chi connectivity index (χ2n) is 4.16. The Morgan fingerprint density at radius 2 is 2.00 bits per heavy atom. The normalized spacial score (nSPS) is 11.2. The minimum Gasteiger partial charge on any atom is -0.508 e. The second kappa shape index (κ2) is 5.79. The molecule has 0 unspecified atom stereocenters. The summed E-state index contributed by atoms with van der Waals surface area (Å²) in [6.07, 6.45) is -1.50. The van der Waals surface area contributed by atoms with E-state index in [1.807, 2.05) is 0 Å². The van der Waals surface area contributed by atoms with Crippen LogP contribution in [-0.4, -0.2) is 25.7 Å². The number of benzene rings is 1. The third kappa shape index (κ3) is 5.04. The Morgan fingerprint density at radius 3 is 2.53 bits per heavy atom. The SMILES string of the molecule is Cc1ccc(NS(=O)(=O)NC(=O)OC(C)C)cc1O. The first-order valence-electron chi connectivity index (χ1n) is 5.50. The summed E-state index contributed by atoms with van der Waals surface area (Å²) in [5, 5.41) is 9.45. The molecule has 0 fully saturated rings. The first-order valence-corrected chi connectivity index (χ1v) is 6.99. The van der Waals surface area contributed by atoms with Gasteiger partial charge in [0.1, 0.15) is 5.75 Å². The Labute approximate surface area is 111 Å². The number of hydrogen-bond acceptors (Lipinski definition) is 5. The van der Waals surface area contributed by atoms with Crippen LogP contribution in [0.1, 0.15) is 19.4 Å². The summed E-state index contributed by atoms with van der Waals surface area (Å²) in [7, 11) is -4.09. The zero-order valence-electron chi connectivity index (χ0n) is 10.8. The highest BCUT2D eigenvalue weighted by Crippen LogP contribution is 2.21. The van der Waals surface area contributed by atoms with Gasteiger partial charge in [-0.3, -0.25) is 4.72 Å². The van der Waals surface area contributed by atoms with Gasteiger partial charge in [0.05, 0.1) is 11.8 Å². The van der Waals surface area contributed by atoms with Crippen LogP contribution in [-0.2, 0) is 14.9 Å². The van der Waals surface area contributed by atoms with Gasteiger partial charge in [-0.15, -0.1) is 0 Å². The van der Waals surface area contributed by atoms with Crippen LogP contribution >= 0.6 is 0 Å². The molecule has 0 heterocycles. The molecule has 0 saturated heterocycles. The lowest BCUT2D eigenvalue weighted by atomic mass is 10.2. The molecule has 0 aliphatic carbocycles. The molecule has 1 aromatic carbocycles. The molecule has 19 heavy (non-hydrogen) atoms. The number of hydrogen-bond donors (Lipinski definition) is 3. The number of aryl methyl sites for hydroxylation is 1. The smallest absolute Gasteiger partial charge is 0.422 e. The number of phenols is 1. The Morgan fingerprint density at radius 1 is 1.37 bits per heavy atom. The number of phenolic OH excluding ortho intramolecular Hbond substituents is 1. The molecule has 1 rings (SSSR count). The molecule has 0 bridgehead atoms. The maximum atomic E-state index is 11.6. The van der Waals surface area contributed by atoms with Gasteiger partial charge in [0.15, 0.2) is 0 Å². The Balaban J connectivity index is 2.74. The van der Waals surface area contributed by atoms with Crippen LogP contribution in [0.15, 0.2) is 18.2 Å². The number of carbonyl (C=O) groups is 1. The van der Waals surface area contributed by atoms with Crippen LogP contribution in [0.4, 0.5) is 10.5 Å². The minimum absolute atomic E-state index is 0.0510. The predicted octanol–water partition coefficient (Wildman–Crippen LogP) is 1.49. The van der Waals surface area contributed by atoms with E-state index >= 15 is 0 Å². The molecule has 0 aliphatic heterocycles. The minimum atomic E-state index is -4.09. The van der Waals surface area contributed by atoms with E-state index in [1.54, 1.807) is 31.6 Å². The van der Waals surface area contributed by atoms with Crippen molar-refractivity contribution in [3.8, 4) is 5.75 Å². The van der Waals surface area contributed by atoms with Gasteiger partial charge in [0, 0.05) is 6.07 Å². The Kier molecular flexibility index (Phi) is 4.60. The summed E-state index contributed by atoms with van der Waals surface area (Å²) in [6, 6.07) is 4.24. The highest BCUT2D eigenvalue weighted by molar-refractivity contribution is 7.91. The van der Waals surface area contributed by atoms with E-state index in [1.165, 1.54) is 12.1 Å². The summed E-state index contributed by atoms with van der Waals surface area (Å²) in [4.78, 5) is 11.2. The van der Waals surface area contributed by atoms with Gasteiger partial charge in [-0.25, -0.2) is 9.52 Å². The lowest BCUT2D eigenvalue weighted by molar-refractivity contribution is 0.121. The average molecular weight is 288 g/mol. The first kappa shape index (κ1) is 15.1. The topological polar surface area (TPSA) is 105 Å². The van der Waals surface area contributed by atoms with Crippen LogP contribution < -0.4 is 9.44 Å². The largest absolute Gasteiger partial charge is 0.508 e. The highest BCUT2D eigenvalue weighted by Gasteiger charge is 2.16. The molecule has 7 nitrogen and oxygen atoms in total. The quantitative estimate of drug-likeness (QED) is 0.778. The van der Waals surface area contributed by atoms with E-state index < -0.39 is 22.4 Å². The van der Waals surface area contributed by atoms with E-state index in [9.17, 15) is 18.3 Å². The van der Waals surface area contributed by atoms with Crippen LogP contribution in [0.2, 0.25) is 0 Å². The van der Waals surface area contributed by atoms with Gasteiger partial charge in [-0.1, -0.05) is 6.07 Å². The van der Waals surface area contributed by atoms with Crippen LogP contribution in [0.3, 0.4) is 0 Å². The van der Waals surface area contributed by atoms with E-state index in [0.29, 0.717) is 5.56 Å². The van der Waals surface area contributed by atoms with Crippen molar-refractivity contribution in [3.05, 3.63) is 23.8 Å². The number of amides is 1.